The van der Waals surface area contributed by atoms with Crippen LogP contribution in [-0.2, 0) is 6.42 Å². The number of benzene rings is 1. The van der Waals surface area contributed by atoms with Crippen LogP contribution in [0.15, 0.2) is 17.7 Å². The summed E-state index contributed by atoms with van der Waals surface area (Å²) in [6, 6.07) is 1.81. The fraction of sp³-hybridized carbons (Fsp3) is 0.619. The summed E-state index contributed by atoms with van der Waals surface area (Å²) in [5.41, 5.74) is 1.99. The lowest BCUT2D eigenvalue weighted by molar-refractivity contribution is -0.386. The Hall–Kier alpha value is -2.04. The number of hydrogen-bond acceptors (Lipinski definition) is 4. The molecule has 1 heterocycles. The van der Waals surface area contributed by atoms with Crippen LogP contribution in [0, 0.1) is 16.0 Å². The van der Waals surface area contributed by atoms with Gasteiger partial charge in [0.05, 0.1) is 4.92 Å². The van der Waals surface area contributed by atoms with Crippen LogP contribution in [0.2, 0.25) is 0 Å². The van der Waals surface area contributed by atoms with Gasteiger partial charge in [-0.25, -0.2) is 0 Å². The number of aromatic hydroxyl groups is 1. The molecule has 26 heavy (non-hydrogen) atoms. The number of unbranched alkanes of at least 4 members (excludes halogenated alkanes) is 2. The molecular formula is C21H29NO4. The van der Waals surface area contributed by atoms with Gasteiger partial charge in [0.2, 0.25) is 5.75 Å². The number of nitro benzene ring substituents is 1. The van der Waals surface area contributed by atoms with Crippen molar-refractivity contribution >= 4 is 5.69 Å². The van der Waals surface area contributed by atoms with Gasteiger partial charge in [0.1, 0.15) is 11.4 Å². The number of nitro groups is 1. The largest absolute Gasteiger partial charge is 0.502 e. The summed E-state index contributed by atoms with van der Waals surface area (Å²) < 4.78 is 6.27. The van der Waals surface area contributed by atoms with Crippen molar-refractivity contribution in [3.05, 3.63) is 39.0 Å². The number of allylic oxidation sites excluding steroid dienone is 2. The molecule has 2 aliphatic rings. The molecule has 0 radical (unpaired) electrons. The van der Waals surface area contributed by atoms with Crippen molar-refractivity contribution in [3.8, 4) is 11.5 Å². The van der Waals surface area contributed by atoms with E-state index < -0.39 is 4.92 Å². The van der Waals surface area contributed by atoms with Gasteiger partial charge in [-0.15, -0.1) is 0 Å². The molecule has 3 rings (SSSR count). The van der Waals surface area contributed by atoms with E-state index in [4.69, 9.17) is 4.74 Å². The summed E-state index contributed by atoms with van der Waals surface area (Å²) in [5, 5.41) is 22.6. The summed E-state index contributed by atoms with van der Waals surface area (Å²) in [6.07, 6.45) is 7.41. The van der Waals surface area contributed by atoms with Gasteiger partial charge < -0.3 is 9.84 Å². The first-order chi connectivity index (χ1) is 12.3. The van der Waals surface area contributed by atoms with Crippen molar-refractivity contribution in [3.63, 3.8) is 0 Å². The molecule has 5 heteroatoms. The molecule has 0 saturated heterocycles. The standard InChI is InChI=1S/C21H29NO4/c1-5-6-7-8-14-12-17-18(20(23)19(14)22(24)25)15-11-13(2)9-10-16(15)21(3,4)26-17/h9,12,15-16,23H,5-8,10-11H2,1-4H3/t15-,16-/m1/s1. The van der Waals surface area contributed by atoms with Crippen molar-refractivity contribution < 1.29 is 14.8 Å². The van der Waals surface area contributed by atoms with Gasteiger partial charge in [0.15, 0.2) is 0 Å². The van der Waals surface area contributed by atoms with E-state index in [1.807, 2.05) is 6.07 Å². The topological polar surface area (TPSA) is 72.6 Å². The van der Waals surface area contributed by atoms with Gasteiger partial charge in [-0.3, -0.25) is 10.1 Å². The molecule has 0 aromatic heterocycles. The second-order valence-corrected chi connectivity index (χ2v) is 8.27. The van der Waals surface area contributed by atoms with Crippen LogP contribution in [0.4, 0.5) is 5.69 Å². The Kier molecular flexibility index (Phi) is 5.00. The zero-order chi connectivity index (χ0) is 19.1. The molecule has 0 fully saturated rings. The van der Waals surface area contributed by atoms with Crippen LogP contribution in [0.1, 0.15) is 76.8 Å². The maximum absolute atomic E-state index is 11.7. The number of hydrogen-bond donors (Lipinski definition) is 1. The van der Waals surface area contributed by atoms with E-state index in [9.17, 15) is 15.2 Å². The minimum absolute atomic E-state index is 0.0575. The predicted molar refractivity (Wildman–Crippen MR) is 102 cm³/mol. The minimum Gasteiger partial charge on any atom is -0.502 e. The minimum atomic E-state index is -0.433. The highest BCUT2D eigenvalue weighted by molar-refractivity contribution is 5.64. The van der Waals surface area contributed by atoms with Gasteiger partial charge in [-0.1, -0.05) is 31.4 Å². The van der Waals surface area contributed by atoms with Crippen molar-refractivity contribution in [1.82, 2.24) is 0 Å². The Morgan fingerprint density at radius 3 is 2.77 bits per heavy atom. The Balaban J connectivity index is 2.13. The Bertz CT molecular complexity index is 751. The second-order valence-electron chi connectivity index (χ2n) is 8.27. The Morgan fingerprint density at radius 2 is 2.12 bits per heavy atom. The van der Waals surface area contributed by atoms with E-state index in [2.05, 4.69) is 33.8 Å². The summed E-state index contributed by atoms with van der Waals surface area (Å²) in [7, 11) is 0. The first-order valence-electron chi connectivity index (χ1n) is 9.64. The second kappa shape index (κ2) is 6.93. The monoisotopic (exact) mass is 359 g/mol. The average molecular weight is 359 g/mol. The quantitative estimate of drug-likeness (QED) is 0.319. The van der Waals surface area contributed by atoms with Crippen LogP contribution in [0.5, 0.6) is 11.5 Å². The van der Waals surface area contributed by atoms with Crippen LogP contribution in [0.3, 0.4) is 0 Å². The normalized spacial score (nSPS) is 23.5. The summed E-state index contributed by atoms with van der Waals surface area (Å²) in [5.74, 6) is 0.706. The van der Waals surface area contributed by atoms with E-state index >= 15 is 0 Å². The fourth-order valence-corrected chi connectivity index (χ4v) is 4.60. The molecule has 1 N–H and O–H groups in total. The van der Waals surface area contributed by atoms with Crippen molar-refractivity contribution in [2.45, 2.75) is 77.7 Å². The number of ether oxygens (including phenoxy) is 1. The number of fused-ring (bicyclic) bond motifs is 3. The Labute approximate surface area is 155 Å². The molecule has 1 aromatic rings. The van der Waals surface area contributed by atoms with Crippen molar-refractivity contribution in [2.24, 2.45) is 5.92 Å². The molecule has 0 saturated carbocycles. The SMILES string of the molecule is CCCCCc1cc2c(c(O)c1[N+](=O)[O-])[C@@H]1CC(C)=CC[C@H]1C(C)(C)O2. The van der Waals surface area contributed by atoms with Crippen LogP contribution in [0.25, 0.3) is 0 Å². The van der Waals surface area contributed by atoms with Gasteiger partial charge >= 0.3 is 5.69 Å². The molecule has 1 aliphatic carbocycles. The lowest BCUT2D eigenvalue weighted by Crippen LogP contribution is -2.45. The first-order valence-corrected chi connectivity index (χ1v) is 9.64. The lowest BCUT2D eigenvalue weighted by atomic mass is 9.67. The summed E-state index contributed by atoms with van der Waals surface area (Å²) >= 11 is 0. The van der Waals surface area contributed by atoms with Gasteiger partial charge in [-0.2, -0.15) is 0 Å². The highest BCUT2D eigenvalue weighted by Crippen LogP contribution is 2.56. The predicted octanol–water partition coefficient (Wildman–Crippen LogP) is 5.64. The van der Waals surface area contributed by atoms with E-state index in [0.717, 1.165) is 32.1 Å². The molecule has 0 amide bonds. The van der Waals surface area contributed by atoms with Crippen LogP contribution < -0.4 is 4.74 Å². The number of aryl methyl sites for hydroxylation is 1. The van der Waals surface area contributed by atoms with E-state index in [-0.39, 0.29) is 28.9 Å². The third-order valence-electron chi connectivity index (χ3n) is 5.97. The fourth-order valence-electron chi connectivity index (χ4n) is 4.60. The lowest BCUT2D eigenvalue weighted by Gasteiger charge is -2.47. The molecule has 2 atom stereocenters. The summed E-state index contributed by atoms with van der Waals surface area (Å²) in [4.78, 5) is 11.3. The number of phenols is 1. The third kappa shape index (κ3) is 3.19. The van der Waals surface area contributed by atoms with Crippen molar-refractivity contribution in [1.29, 1.82) is 0 Å². The van der Waals surface area contributed by atoms with Gasteiger partial charge in [0.25, 0.3) is 0 Å². The number of rotatable bonds is 5. The maximum atomic E-state index is 11.7. The zero-order valence-corrected chi connectivity index (χ0v) is 16.2. The van der Waals surface area contributed by atoms with E-state index in [0.29, 0.717) is 23.3 Å². The average Bonchev–Trinajstić information content (AvgIpc) is 2.53. The number of phenolic OH excluding ortho intramolecular Hbond substituents is 1. The van der Waals surface area contributed by atoms with E-state index in [1.54, 1.807) is 0 Å². The molecule has 142 valence electrons. The molecule has 1 aliphatic heterocycles. The molecule has 0 unspecified atom stereocenters. The molecule has 5 nitrogen and oxygen atoms in total. The summed E-state index contributed by atoms with van der Waals surface area (Å²) in [6.45, 7) is 8.35. The highest BCUT2D eigenvalue weighted by Gasteiger charge is 2.47. The Morgan fingerprint density at radius 1 is 1.38 bits per heavy atom. The zero-order valence-electron chi connectivity index (χ0n) is 16.2. The van der Waals surface area contributed by atoms with E-state index in [1.165, 1.54) is 5.57 Å². The first kappa shape index (κ1) is 18.7. The third-order valence-corrected chi connectivity index (χ3v) is 5.97. The molecular weight excluding hydrogens is 330 g/mol. The molecule has 0 spiro atoms. The highest BCUT2D eigenvalue weighted by atomic mass is 16.6. The van der Waals surface area contributed by atoms with Gasteiger partial charge in [0, 0.05) is 23.0 Å². The maximum Gasteiger partial charge on any atom is 0.314 e. The smallest absolute Gasteiger partial charge is 0.314 e. The molecule has 0 bridgehead atoms. The van der Waals surface area contributed by atoms with Crippen molar-refractivity contribution in [2.75, 3.05) is 0 Å². The van der Waals surface area contributed by atoms with Gasteiger partial charge in [-0.05, 0) is 52.5 Å². The van der Waals surface area contributed by atoms with Crippen LogP contribution >= 0.6 is 0 Å². The number of nitrogens with zero attached hydrogens (tertiary/aromatic N) is 1. The van der Waals surface area contributed by atoms with Crippen LogP contribution in [-0.4, -0.2) is 15.6 Å². The molecule has 1 aromatic carbocycles.